The van der Waals surface area contributed by atoms with Gasteiger partial charge >= 0.3 is 0 Å². The number of hydrogen-bond acceptors (Lipinski definition) is 2. The summed E-state index contributed by atoms with van der Waals surface area (Å²) < 4.78 is 0. The molecule has 3 heteroatoms. The number of nitrogens with zero attached hydrogens (tertiary/aromatic N) is 2. The van der Waals surface area contributed by atoms with Crippen molar-refractivity contribution < 1.29 is 4.79 Å². The second-order valence-corrected chi connectivity index (χ2v) is 5.42. The van der Waals surface area contributed by atoms with E-state index in [2.05, 4.69) is 16.8 Å². The Labute approximate surface area is 98.8 Å². The third kappa shape index (κ3) is 2.57. The van der Waals surface area contributed by atoms with Crippen molar-refractivity contribution in [2.75, 3.05) is 26.7 Å². The Morgan fingerprint density at radius 3 is 2.38 bits per heavy atom. The number of hydrogen-bond donors (Lipinski definition) is 0. The van der Waals surface area contributed by atoms with E-state index in [1.54, 1.807) is 6.92 Å². The smallest absolute Gasteiger partial charge is 0.219 e. The van der Waals surface area contributed by atoms with Crippen LogP contribution in [0.15, 0.2) is 0 Å². The van der Waals surface area contributed by atoms with Gasteiger partial charge in [0.25, 0.3) is 0 Å². The molecule has 0 N–H and O–H groups in total. The maximum absolute atomic E-state index is 11.6. The standard InChI is InChI=1S/C13H24N2O/c1-11(16)15-8-4-3-5-13(15)12-6-9-14(2)10-7-12/h12-13H,3-10H2,1-2H3. The minimum Gasteiger partial charge on any atom is -0.340 e. The van der Waals surface area contributed by atoms with Gasteiger partial charge in [0, 0.05) is 19.5 Å². The second-order valence-electron chi connectivity index (χ2n) is 5.42. The molecule has 0 radical (unpaired) electrons. The van der Waals surface area contributed by atoms with E-state index in [4.69, 9.17) is 0 Å². The Balaban J connectivity index is 1.97. The van der Waals surface area contributed by atoms with Gasteiger partial charge in [-0.15, -0.1) is 0 Å². The molecule has 2 rings (SSSR count). The monoisotopic (exact) mass is 224 g/mol. The molecule has 0 bridgehead atoms. The molecule has 3 nitrogen and oxygen atoms in total. The molecule has 2 fully saturated rings. The molecule has 0 saturated carbocycles. The van der Waals surface area contributed by atoms with Crippen LogP contribution < -0.4 is 0 Å². The highest BCUT2D eigenvalue weighted by atomic mass is 16.2. The molecule has 1 amide bonds. The molecule has 0 aliphatic carbocycles. The maximum Gasteiger partial charge on any atom is 0.219 e. The summed E-state index contributed by atoms with van der Waals surface area (Å²) in [6.45, 7) is 5.12. The molecule has 1 unspecified atom stereocenters. The van der Waals surface area contributed by atoms with E-state index in [9.17, 15) is 4.79 Å². The highest BCUT2D eigenvalue weighted by Crippen LogP contribution is 2.30. The van der Waals surface area contributed by atoms with Crippen molar-refractivity contribution in [3.63, 3.8) is 0 Å². The Morgan fingerprint density at radius 2 is 1.75 bits per heavy atom. The highest BCUT2D eigenvalue weighted by molar-refractivity contribution is 5.73. The van der Waals surface area contributed by atoms with E-state index in [1.807, 2.05) is 0 Å². The van der Waals surface area contributed by atoms with Crippen molar-refractivity contribution >= 4 is 5.91 Å². The average Bonchev–Trinajstić information content (AvgIpc) is 2.30. The summed E-state index contributed by atoms with van der Waals surface area (Å²) in [5.74, 6) is 1.03. The summed E-state index contributed by atoms with van der Waals surface area (Å²) in [5.41, 5.74) is 0. The highest BCUT2D eigenvalue weighted by Gasteiger charge is 2.32. The normalized spacial score (nSPS) is 29.4. The molecule has 2 aliphatic heterocycles. The molecule has 1 atom stereocenters. The molecular weight excluding hydrogens is 200 g/mol. The summed E-state index contributed by atoms with van der Waals surface area (Å²) in [6, 6.07) is 0.542. The second kappa shape index (κ2) is 5.17. The first-order valence-electron chi connectivity index (χ1n) is 6.64. The van der Waals surface area contributed by atoms with Crippen LogP contribution in [0.3, 0.4) is 0 Å². The molecule has 2 aliphatic rings. The van der Waals surface area contributed by atoms with Crippen LogP contribution in [-0.4, -0.2) is 48.4 Å². The van der Waals surface area contributed by atoms with Gasteiger partial charge in [-0.05, 0) is 58.2 Å². The lowest BCUT2D eigenvalue weighted by molar-refractivity contribution is -0.134. The zero-order chi connectivity index (χ0) is 11.5. The van der Waals surface area contributed by atoms with Gasteiger partial charge in [-0.1, -0.05) is 0 Å². The van der Waals surface area contributed by atoms with Crippen LogP contribution in [0.4, 0.5) is 0 Å². The molecule has 16 heavy (non-hydrogen) atoms. The largest absolute Gasteiger partial charge is 0.340 e. The van der Waals surface area contributed by atoms with Crippen LogP contribution in [0.5, 0.6) is 0 Å². The van der Waals surface area contributed by atoms with Gasteiger partial charge in [-0.3, -0.25) is 4.79 Å². The van der Waals surface area contributed by atoms with Gasteiger partial charge < -0.3 is 9.80 Å². The van der Waals surface area contributed by atoms with Crippen molar-refractivity contribution in [3.8, 4) is 0 Å². The van der Waals surface area contributed by atoms with E-state index < -0.39 is 0 Å². The van der Waals surface area contributed by atoms with Gasteiger partial charge in [-0.2, -0.15) is 0 Å². The van der Waals surface area contributed by atoms with Crippen LogP contribution in [0.1, 0.15) is 39.0 Å². The summed E-state index contributed by atoms with van der Waals surface area (Å²) >= 11 is 0. The third-order valence-electron chi connectivity index (χ3n) is 4.26. The minimum absolute atomic E-state index is 0.281. The lowest BCUT2D eigenvalue weighted by atomic mass is 9.84. The fourth-order valence-corrected chi connectivity index (χ4v) is 3.25. The van der Waals surface area contributed by atoms with E-state index in [0.717, 1.165) is 12.5 Å². The van der Waals surface area contributed by atoms with Gasteiger partial charge in [-0.25, -0.2) is 0 Å². The Hall–Kier alpha value is -0.570. The van der Waals surface area contributed by atoms with Crippen molar-refractivity contribution in [2.24, 2.45) is 5.92 Å². The summed E-state index contributed by atoms with van der Waals surface area (Å²) in [6.07, 6.45) is 6.27. The quantitative estimate of drug-likeness (QED) is 0.677. The minimum atomic E-state index is 0.281. The van der Waals surface area contributed by atoms with Crippen molar-refractivity contribution in [3.05, 3.63) is 0 Å². The van der Waals surface area contributed by atoms with Crippen LogP contribution in [0.25, 0.3) is 0 Å². The first-order valence-corrected chi connectivity index (χ1v) is 6.64. The predicted molar refractivity (Wildman–Crippen MR) is 65.2 cm³/mol. The van der Waals surface area contributed by atoms with E-state index in [1.165, 1.54) is 45.2 Å². The van der Waals surface area contributed by atoms with Crippen LogP contribution in [-0.2, 0) is 4.79 Å². The number of carbonyl (C=O) groups is 1. The van der Waals surface area contributed by atoms with Gasteiger partial charge in [0.15, 0.2) is 0 Å². The van der Waals surface area contributed by atoms with E-state index in [0.29, 0.717) is 6.04 Å². The summed E-state index contributed by atoms with van der Waals surface area (Å²) in [5, 5.41) is 0. The maximum atomic E-state index is 11.6. The molecule has 92 valence electrons. The van der Waals surface area contributed by atoms with Gasteiger partial charge in [0.2, 0.25) is 5.91 Å². The van der Waals surface area contributed by atoms with Crippen LogP contribution in [0, 0.1) is 5.92 Å². The molecule has 2 heterocycles. The fourth-order valence-electron chi connectivity index (χ4n) is 3.25. The predicted octanol–water partition coefficient (Wildman–Crippen LogP) is 1.73. The number of carbonyl (C=O) groups excluding carboxylic acids is 1. The Bertz CT molecular complexity index is 246. The number of amides is 1. The van der Waals surface area contributed by atoms with Crippen molar-refractivity contribution in [1.29, 1.82) is 0 Å². The lowest BCUT2D eigenvalue weighted by Gasteiger charge is -2.42. The first kappa shape index (κ1) is 11.9. The lowest BCUT2D eigenvalue weighted by Crippen LogP contribution is -2.49. The average molecular weight is 224 g/mol. The SMILES string of the molecule is CC(=O)N1CCCCC1C1CCN(C)CC1. The number of rotatable bonds is 1. The molecule has 0 spiro atoms. The fraction of sp³-hybridized carbons (Fsp3) is 0.923. The molecule has 2 saturated heterocycles. The summed E-state index contributed by atoms with van der Waals surface area (Å²) in [7, 11) is 2.19. The molecule has 0 aromatic carbocycles. The van der Waals surface area contributed by atoms with Gasteiger partial charge in [0.05, 0.1) is 0 Å². The molecular formula is C13H24N2O. The number of likely N-dealkylation sites (tertiary alicyclic amines) is 2. The topological polar surface area (TPSA) is 23.6 Å². The first-order chi connectivity index (χ1) is 7.68. The third-order valence-corrected chi connectivity index (χ3v) is 4.26. The zero-order valence-corrected chi connectivity index (χ0v) is 10.6. The Kier molecular flexibility index (Phi) is 3.85. The van der Waals surface area contributed by atoms with E-state index >= 15 is 0 Å². The summed E-state index contributed by atoms with van der Waals surface area (Å²) in [4.78, 5) is 16.2. The van der Waals surface area contributed by atoms with Crippen molar-refractivity contribution in [1.82, 2.24) is 9.80 Å². The van der Waals surface area contributed by atoms with Crippen LogP contribution >= 0.6 is 0 Å². The molecule has 0 aromatic heterocycles. The Morgan fingerprint density at radius 1 is 1.06 bits per heavy atom. The van der Waals surface area contributed by atoms with E-state index in [-0.39, 0.29) is 5.91 Å². The number of piperidine rings is 2. The molecule has 0 aromatic rings. The van der Waals surface area contributed by atoms with Crippen molar-refractivity contribution in [2.45, 2.75) is 45.1 Å². The zero-order valence-electron chi connectivity index (χ0n) is 10.6. The van der Waals surface area contributed by atoms with Gasteiger partial charge in [0.1, 0.15) is 0 Å². The van der Waals surface area contributed by atoms with Crippen LogP contribution in [0.2, 0.25) is 0 Å².